The predicted molar refractivity (Wildman–Crippen MR) is 57.1 cm³/mol. The fourth-order valence-electron chi connectivity index (χ4n) is 1.13. The Labute approximate surface area is 91.9 Å². The monoisotopic (exact) mass is 304 g/mol. The highest BCUT2D eigenvalue weighted by Gasteiger charge is 2.17. The van der Waals surface area contributed by atoms with Gasteiger partial charge in [-0.1, -0.05) is 0 Å². The van der Waals surface area contributed by atoms with E-state index in [0.717, 1.165) is 3.57 Å². The van der Waals surface area contributed by atoms with E-state index in [1.54, 1.807) is 12.4 Å². The SMILES string of the molecule is Nc1nn2cc(I)cnc2c1C(=O)O. The Kier molecular flexibility index (Phi) is 2.02. The molecule has 0 saturated heterocycles. The van der Waals surface area contributed by atoms with Gasteiger partial charge in [0.25, 0.3) is 0 Å². The number of halogens is 1. The fraction of sp³-hybridized carbons (Fsp3) is 0. The lowest BCUT2D eigenvalue weighted by Crippen LogP contribution is -2.00. The van der Waals surface area contributed by atoms with Gasteiger partial charge in [0.15, 0.2) is 11.5 Å². The molecule has 0 unspecified atom stereocenters. The molecule has 6 nitrogen and oxygen atoms in total. The number of hydrogen-bond donors (Lipinski definition) is 2. The van der Waals surface area contributed by atoms with E-state index in [9.17, 15) is 4.79 Å². The van der Waals surface area contributed by atoms with Crippen molar-refractivity contribution in [2.75, 3.05) is 5.73 Å². The van der Waals surface area contributed by atoms with Crippen LogP contribution in [-0.2, 0) is 0 Å². The van der Waals surface area contributed by atoms with Gasteiger partial charge in [0.1, 0.15) is 5.56 Å². The van der Waals surface area contributed by atoms with Gasteiger partial charge in [-0.3, -0.25) is 0 Å². The smallest absolute Gasteiger partial charge is 0.343 e. The Morgan fingerprint density at radius 3 is 3.00 bits per heavy atom. The summed E-state index contributed by atoms with van der Waals surface area (Å²) in [6.07, 6.45) is 3.22. The summed E-state index contributed by atoms with van der Waals surface area (Å²) >= 11 is 2.05. The Bertz CT molecular complexity index is 522. The quantitative estimate of drug-likeness (QED) is 0.753. The standard InChI is InChI=1S/C7H5IN4O2/c8-3-1-10-6-4(7(13)14)5(9)11-12(6)2-3/h1-2H,(H2,9,11)(H,13,14). The predicted octanol–water partition coefficient (Wildman–Crippen LogP) is 0.614. The molecule has 14 heavy (non-hydrogen) atoms. The van der Waals surface area contributed by atoms with Crippen LogP contribution in [0.1, 0.15) is 10.4 Å². The number of aromatic nitrogens is 3. The van der Waals surface area contributed by atoms with Crippen LogP contribution >= 0.6 is 22.6 Å². The number of nitrogens with zero attached hydrogens (tertiary/aromatic N) is 3. The first kappa shape index (κ1) is 9.19. The molecule has 0 aliphatic carbocycles. The van der Waals surface area contributed by atoms with E-state index in [0.29, 0.717) is 0 Å². The third kappa shape index (κ3) is 1.29. The summed E-state index contributed by atoms with van der Waals surface area (Å²) in [7, 11) is 0. The van der Waals surface area contributed by atoms with Crippen molar-refractivity contribution >= 4 is 40.0 Å². The van der Waals surface area contributed by atoms with Gasteiger partial charge in [-0.15, -0.1) is 5.10 Å². The minimum atomic E-state index is -1.12. The molecule has 0 bridgehead atoms. The second kappa shape index (κ2) is 3.08. The van der Waals surface area contributed by atoms with Gasteiger partial charge in [0.2, 0.25) is 0 Å². The molecule has 72 valence electrons. The molecule has 0 spiro atoms. The maximum atomic E-state index is 10.8. The topological polar surface area (TPSA) is 93.5 Å². The Morgan fingerprint density at radius 1 is 1.64 bits per heavy atom. The molecule has 0 amide bonds. The van der Waals surface area contributed by atoms with Crippen molar-refractivity contribution in [3.63, 3.8) is 0 Å². The number of hydrogen-bond acceptors (Lipinski definition) is 4. The molecule has 0 aliphatic heterocycles. The Hall–Kier alpha value is -1.38. The first-order valence-corrected chi connectivity index (χ1v) is 4.70. The zero-order valence-electron chi connectivity index (χ0n) is 6.81. The van der Waals surface area contributed by atoms with Crippen molar-refractivity contribution in [3.8, 4) is 0 Å². The minimum absolute atomic E-state index is 0.0213. The van der Waals surface area contributed by atoms with E-state index >= 15 is 0 Å². The Balaban J connectivity index is 2.84. The molecule has 2 heterocycles. The average molecular weight is 304 g/mol. The van der Waals surface area contributed by atoms with Gasteiger partial charge in [-0.05, 0) is 22.6 Å². The number of carbonyl (C=O) groups is 1. The summed E-state index contributed by atoms with van der Waals surface area (Å²) in [5.41, 5.74) is 5.65. The maximum Gasteiger partial charge on any atom is 0.343 e. The van der Waals surface area contributed by atoms with Crippen LogP contribution in [0, 0.1) is 3.57 Å². The summed E-state index contributed by atoms with van der Waals surface area (Å²) < 4.78 is 2.22. The zero-order valence-corrected chi connectivity index (χ0v) is 8.96. The zero-order chi connectivity index (χ0) is 10.3. The molecule has 0 aliphatic rings. The highest BCUT2D eigenvalue weighted by molar-refractivity contribution is 14.1. The van der Waals surface area contributed by atoms with E-state index in [-0.39, 0.29) is 17.0 Å². The molecule has 2 aromatic heterocycles. The molecule has 7 heteroatoms. The van der Waals surface area contributed by atoms with Crippen molar-refractivity contribution in [2.24, 2.45) is 0 Å². The number of rotatable bonds is 1. The second-order valence-corrected chi connectivity index (χ2v) is 3.85. The molecular weight excluding hydrogens is 299 g/mol. The summed E-state index contributed by atoms with van der Waals surface area (Å²) in [6, 6.07) is 0. The largest absolute Gasteiger partial charge is 0.477 e. The van der Waals surface area contributed by atoms with Gasteiger partial charge in [-0.25, -0.2) is 14.3 Å². The van der Waals surface area contributed by atoms with Crippen molar-refractivity contribution in [1.82, 2.24) is 14.6 Å². The third-order valence-corrected chi connectivity index (χ3v) is 2.24. The van der Waals surface area contributed by atoms with Crippen molar-refractivity contribution < 1.29 is 9.90 Å². The van der Waals surface area contributed by atoms with Gasteiger partial charge < -0.3 is 10.8 Å². The molecule has 2 rings (SSSR count). The van der Waals surface area contributed by atoms with Gasteiger partial charge >= 0.3 is 5.97 Å². The molecule has 2 aromatic rings. The van der Waals surface area contributed by atoms with E-state index in [1.165, 1.54) is 4.52 Å². The van der Waals surface area contributed by atoms with Crippen LogP contribution in [0.4, 0.5) is 5.82 Å². The number of anilines is 1. The van der Waals surface area contributed by atoms with E-state index in [4.69, 9.17) is 10.8 Å². The molecule has 0 atom stereocenters. The second-order valence-electron chi connectivity index (χ2n) is 2.61. The van der Waals surface area contributed by atoms with Crippen LogP contribution in [0.15, 0.2) is 12.4 Å². The summed E-state index contributed by atoms with van der Waals surface area (Å²) in [4.78, 5) is 14.8. The number of aromatic carboxylic acids is 1. The number of carboxylic acid groups (broad SMARTS) is 1. The molecule has 0 saturated carbocycles. The minimum Gasteiger partial charge on any atom is -0.477 e. The van der Waals surface area contributed by atoms with Crippen LogP contribution in [0.2, 0.25) is 0 Å². The molecule has 3 N–H and O–H groups in total. The normalized spacial score (nSPS) is 10.6. The van der Waals surface area contributed by atoms with Crippen molar-refractivity contribution in [2.45, 2.75) is 0 Å². The first-order chi connectivity index (χ1) is 6.59. The summed E-state index contributed by atoms with van der Waals surface area (Å²) in [5, 5.41) is 12.7. The lowest BCUT2D eigenvalue weighted by Gasteiger charge is -1.93. The Morgan fingerprint density at radius 2 is 2.36 bits per heavy atom. The molecular formula is C7H5IN4O2. The summed E-state index contributed by atoms with van der Waals surface area (Å²) in [6.45, 7) is 0. The maximum absolute atomic E-state index is 10.8. The van der Waals surface area contributed by atoms with E-state index in [2.05, 4.69) is 32.7 Å². The number of nitrogen functional groups attached to an aromatic ring is 1. The number of carboxylic acids is 1. The van der Waals surface area contributed by atoms with Crippen LogP contribution in [-0.4, -0.2) is 25.7 Å². The van der Waals surface area contributed by atoms with E-state index < -0.39 is 5.97 Å². The number of nitrogens with two attached hydrogens (primary N) is 1. The number of fused-ring (bicyclic) bond motifs is 1. The van der Waals surface area contributed by atoms with Gasteiger partial charge in [-0.2, -0.15) is 0 Å². The highest BCUT2D eigenvalue weighted by Crippen LogP contribution is 2.16. The molecule has 0 fully saturated rings. The van der Waals surface area contributed by atoms with Crippen molar-refractivity contribution in [1.29, 1.82) is 0 Å². The van der Waals surface area contributed by atoms with Gasteiger partial charge in [0.05, 0.1) is 0 Å². The van der Waals surface area contributed by atoms with Gasteiger partial charge in [0, 0.05) is 16.0 Å². The molecule has 0 radical (unpaired) electrons. The lowest BCUT2D eigenvalue weighted by atomic mass is 10.3. The van der Waals surface area contributed by atoms with Crippen LogP contribution in [0.25, 0.3) is 5.65 Å². The van der Waals surface area contributed by atoms with Crippen LogP contribution < -0.4 is 5.73 Å². The average Bonchev–Trinajstić information content (AvgIpc) is 2.39. The fourth-order valence-corrected chi connectivity index (χ4v) is 1.54. The highest BCUT2D eigenvalue weighted by atomic mass is 127. The van der Waals surface area contributed by atoms with E-state index in [1.807, 2.05) is 0 Å². The lowest BCUT2D eigenvalue weighted by molar-refractivity contribution is 0.0700. The first-order valence-electron chi connectivity index (χ1n) is 3.62. The molecule has 0 aromatic carbocycles. The third-order valence-electron chi connectivity index (χ3n) is 1.68. The van der Waals surface area contributed by atoms with Crippen molar-refractivity contribution in [3.05, 3.63) is 21.5 Å². The van der Waals surface area contributed by atoms with Crippen LogP contribution in [0.3, 0.4) is 0 Å². The van der Waals surface area contributed by atoms with Crippen LogP contribution in [0.5, 0.6) is 0 Å². The summed E-state index contributed by atoms with van der Waals surface area (Å²) in [5.74, 6) is -1.14.